The zero-order chi connectivity index (χ0) is 26.9. The summed E-state index contributed by atoms with van der Waals surface area (Å²) in [7, 11) is -2.76. The van der Waals surface area contributed by atoms with Gasteiger partial charge in [0.25, 0.3) is 5.91 Å². The summed E-state index contributed by atoms with van der Waals surface area (Å²) in [6.45, 7) is -0.560. The Kier molecular flexibility index (Phi) is 7.02. The van der Waals surface area contributed by atoms with Crippen molar-refractivity contribution in [1.29, 1.82) is 0 Å². The van der Waals surface area contributed by atoms with Gasteiger partial charge in [-0.05, 0) is 76.0 Å². The molecule has 194 valence electrons. The maximum absolute atomic E-state index is 13.7. The van der Waals surface area contributed by atoms with E-state index in [1.54, 1.807) is 47.7 Å². The van der Waals surface area contributed by atoms with Crippen LogP contribution in [-0.2, 0) is 21.4 Å². The minimum Gasteiger partial charge on any atom is -0.497 e. The molecule has 0 spiro atoms. The largest absolute Gasteiger partial charge is 0.497 e. The fraction of sp³-hybridized carbons (Fsp3) is 0.143. The van der Waals surface area contributed by atoms with Crippen LogP contribution in [0.1, 0.15) is 15.9 Å². The highest BCUT2D eigenvalue weighted by atomic mass is 32.2. The topological polar surface area (TPSA) is 104 Å². The van der Waals surface area contributed by atoms with Gasteiger partial charge in [0.1, 0.15) is 11.8 Å². The summed E-state index contributed by atoms with van der Waals surface area (Å²) in [5, 5.41) is 14.1. The van der Waals surface area contributed by atoms with Crippen molar-refractivity contribution in [3.63, 3.8) is 0 Å². The van der Waals surface area contributed by atoms with E-state index < -0.39 is 27.9 Å². The lowest BCUT2D eigenvalue weighted by molar-refractivity contribution is -0.141. The number of anilines is 1. The Labute approximate surface area is 224 Å². The van der Waals surface area contributed by atoms with Crippen LogP contribution in [0.15, 0.2) is 94.5 Å². The quantitative estimate of drug-likeness (QED) is 0.374. The van der Waals surface area contributed by atoms with E-state index >= 15 is 0 Å². The third-order valence-electron chi connectivity index (χ3n) is 6.49. The molecule has 1 atom stereocenters. The molecule has 4 aromatic rings. The molecule has 1 N–H and O–H groups in total. The molecule has 0 fully saturated rings. The van der Waals surface area contributed by atoms with E-state index in [0.717, 1.165) is 15.4 Å². The summed E-state index contributed by atoms with van der Waals surface area (Å²) in [6.07, 6.45) is 0. The standard InChI is InChI=1S/C28H24N2O6S2/c1-36-23-10-12-24(13-11-23)38(34,35)30-16-21-4-2-3-5-25(21)29(17-26(30)28(32)33)27(31)20-8-6-19(7-9-20)22-14-15-37-18-22/h2-15,18,26H,16-17H2,1H3,(H,32,33). The lowest BCUT2D eigenvalue weighted by atomic mass is 10.1. The van der Waals surface area contributed by atoms with E-state index in [9.17, 15) is 23.1 Å². The van der Waals surface area contributed by atoms with Crippen LogP contribution in [0.25, 0.3) is 11.1 Å². The number of methoxy groups -OCH3 is 1. The SMILES string of the molecule is COc1ccc(S(=O)(=O)N2Cc3ccccc3N(C(=O)c3ccc(-c4ccsc4)cc3)CC2C(=O)O)cc1. The Morgan fingerprint density at radius 2 is 1.66 bits per heavy atom. The summed E-state index contributed by atoms with van der Waals surface area (Å²) >= 11 is 1.58. The van der Waals surface area contributed by atoms with Gasteiger partial charge in [-0.15, -0.1) is 0 Å². The van der Waals surface area contributed by atoms with E-state index in [0.29, 0.717) is 22.6 Å². The van der Waals surface area contributed by atoms with Gasteiger partial charge in [-0.2, -0.15) is 15.6 Å². The van der Waals surface area contributed by atoms with Crippen LogP contribution in [0.3, 0.4) is 0 Å². The second-order valence-electron chi connectivity index (χ2n) is 8.71. The van der Waals surface area contributed by atoms with E-state index in [1.165, 1.54) is 36.3 Å². The number of hydrogen-bond acceptors (Lipinski definition) is 6. The van der Waals surface area contributed by atoms with Crippen molar-refractivity contribution >= 4 is 38.9 Å². The molecule has 2 heterocycles. The normalized spacial score (nSPS) is 15.9. The molecule has 0 saturated heterocycles. The van der Waals surface area contributed by atoms with Crippen molar-refractivity contribution in [3.05, 3.63) is 101 Å². The highest BCUT2D eigenvalue weighted by Crippen LogP contribution is 2.33. The molecule has 0 saturated carbocycles. The number of carboxylic acid groups (broad SMARTS) is 1. The van der Waals surface area contributed by atoms with E-state index in [1.807, 2.05) is 29.0 Å². The van der Waals surface area contributed by atoms with Crippen molar-refractivity contribution in [2.75, 3.05) is 18.6 Å². The zero-order valence-electron chi connectivity index (χ0n) is 20.4. The minimum atomic E-state index is -4.23. The Morgan fingerprint density at radius 3 is 2.29 bits per heavy atom. The second-order valence-corrected chi connectivity index (χ2v) is 11.4. The first-order valence-electron chi connectivity index (χ1n) is 11.7. The smallest absolute Gasteiger partial charge is 0.323 e. The summed E-state index contributed by atoms with van der Waals surface area (Å²) in [4.78, 5) is 27.5. The molecule has 1 unspecified atom stereocenters. The van der Waals surface area contributed by atoms with Gasteiger partial charge < -0.3 is 14.7 Å². The van der Waals surface area contributed by atoms with E-state index in [2.05, 4.69) is 0 Å². The number of carboxylic acids is 1. The number of carbonyl (C=O) groups excluding carboxylic acids is 1. The number of fused-ring (bicyclic) bond motifs is 1. The first-order valence-corrected chi connectivity index (χ1v) is 14.1. The molecule has 10 heteroatoms. The predicted octanol–water partition coefficient (Wildman–Crippen LogP) is 4.73. The van der Waals surface area contributed by atoms with Crippen LogP contribution in [0.2, 0.25) is 0 Å². The molecule has 0 bridgehead atoms. The van der Waals surface area contributed by atoms with Gasteiger partial charge >= 0.3 is 5.97 Å². The summed E-state index contributed by atoms with van der Waals surface area (Å²) in [5.41, 5.74) is 3.36. The minimum absolute atomic E-state index is 0.0640. The highest BCUT2D eigenvalue weighted by molar-refractivity contribution is 7.89. The molecule has 1 aromatic heterocycles. The number of thiophene rings is 1. The maximum Gasteiger partial charge on any atom is 0.323 e. The predicted molar refractivity (Wildman–Crippen MR) is 145 cm³/mol. The number of nitrogens with zero attached hydrogens (tertiary/aromatic N) is 2. The average Bonchev–Trinajstić information content (AvgIpc) is 3.41. The number of ether oxygens (including phenoxy) is 1. The number of para-hydroxylation sites is 1. The third kappa shape index (κ3) is 4.81. The number of carbonyl (C=O) groups is 2. The van der Waals surface area contributed by atoms with Crippen LogP contribution in [-0.4, -0.2) is 49.4 Å². The van der Waals surface area contributed by atoms with Crippen molar-refractivity contribution in [2.24, 2.45) is 0 Å². The molecule has 0 aliphatic carbocycles. The highest BCUT2D eigenvalue weighted by Gasteiger charge is 2.41. The molecule has 0 radical (unpaired) electrons. The maximum atomic E-state index is 13.7. The second kappa shape index (κ2) is 10.4. The van der Waals surface area contributed by atoms with Gasteiger partial charge in [-0.1, -0.05) is 30.3 Å². The molecule has 5 rings (SSSR count). The van der Waals surface area contributed by atoms with Gasteiger partial charge in [-0.3, -0.25) is 9.59 Å². The number of benzene rings is 3. The van der Waals surface area contributed by atoms with Crippen LogP contribution >= 0.6 is 11.3 Å². The molecule has 38 heavy (non-hydrogen) atoms. The number of sulfonamides is 1. The van der Waals surface area contributed by atoms with Gasteiger partial charge in [0.05, 0.1) is 18.6 Å². The first kappa shape index (κ1) is 25.7. The number of rotatable bonds is 6. The van der Waals surface area contributed by atoms with Gasteiger partial charge in [0, 0.05) is 17.8 Å². The lowest BCUT2D eigenvalue weighted by Gasteiger charge is -2.28. The van der Waals surface area contributed by atoms with Crippen molar-refractivity contribution in [2.45, 2.75) is 17.5 Å². The molecule has 1 aliphatic rings. The fourth-order valence-electron chi connectivity index (χ4n) is 4.47. The Hall–Kier alpha value is -3.99. The van der Waals surface area contributed by atoms with Crippen molar-refractivity contribution in [3.8, 4) is 16.9 Å². The van der Waals surface area contributed by atoms with Crippen molar-refractivity contribution in [1.82, 2.24) is 4.31 Å². The van der Waals surface area contributed by atoms with E-state index in [4.69, 9.17) is 4.74 Å². The summed E-state index contributed by atoms with van der Waals surface area (Å²) in [6, 6.07) is 20.2. The van der Waals surface area contributed by atoms with Gasteiger partial charge in [0.15, 0.2) is 0 Å². The Bertz CT molecular complexity index is 1570. The third-order valence-corrected chi connectivity index (χ3v) is 9.05. The number of amides is 1. The molecule has 3 aromatic carbocycles. The van der Waals surface area contributed by atoms with Gasteiger partial charge in [-0.25, -0.2) is 8.42 Å². The van der Waals surface area contributed by atoms with Crippen LogP contribution < -0.4 is 9.64 Å². The Balaban J connectivity index is 1.53. The molecular formula is C28H24N2O6S2. The summed E-state index contributed by atoms with van der Waals surface area (Å²) in [5.74, 6) is -1.29. The molecule has 8 nitrogen and oxygen atoms in total. The average molecular weight is 549 g/mol. The number of hydrogen-bond donors (Lipinski definition) is 1. The molecule has 1 amide bonds. The Morgan fingerprint density at radius 1 is 0.947 bits per heavy atom. The van der Waals surface area contributed by atoms with Gasteiger partial charge in [0.2, 0.25) is 10.0 Å². The molecule has 1 aliphatic heterocycles. The zero-order valence-corrected chi connectivity index (χ0v) is 22.0. The van der Waals surface area contributed by atoms with Crippen LogP contribution in [0.5, 0.6) is 5.75 Å². The van der Waals surface area contributed by atoms with Crippen LogP contribution in [0, 0.1) is 0 Å². The van der Waals surface area contributed by atoms with E-state index in [-0.39, 0.29) is 18.0 Å². The fourth-order valence-corrected chi connectivity index (χ4v) is 6.68. The molecular weight excluding hydrogens is 524 g/mol. The monoisotopic (exact) mass is 548 g/mol. The summed E-state index contributed by atoms with van der Waals surface area (Å²) < 4.78 is 33.4. The first-order chi connectivity index (χ1) is 18.3. The number of aliphatic carboxylic acids is 1. The van der Waals surface area contributed by atoms with Crippen molar-refractivity contribution < 1.29 is 27.9 Å². The van der Waals surface area contributed by atoms with Crippen LogP contribution in [0.4, 0.5) is 5.69 Å². The lowest BCUT2D eigenvalue weighted by Crippen LogP contribution is -2.50.